The number of carbonyl (C=O) groups is 1. The molecule has 1 amide bonds. The van der Waals surface area contributed by atoms with Gasteiger partial charge in [0.05, 0.1) is 4.90 Å². The third-order valence-corrected chi connectivity index (χ3v) is 4.19. The van der Waals surface area contributed by atoms with Crippen LogP contribution in [0.1, 0.15) is 6.92 Å². The maximum Gasteiger partial charge on any atom is 0.238 e. The van der Waals surface area contributed by atoms with Crippen LogP contribution in [0.15, 0.2) is 29.2 Å². The summed E-state index contributed by atoms with van der Waals surface area (Å²) in [5.41, 5.74) is 0.473. The highest BCUT2D eigenvalue weighted by molar-refractivity contribution is 7.89. The second-order valence-corrected chi connectivity index (χ2v) is 8.68. The number of carbonyl (C=O) groups excluding carboxylic acids is 1. The molecule has 0 radical (unpaired) electrons. The molecule has 128 valence electrons. The van der Waals surface area contributed by atoms with Crippen molar-refractivity contribution in [3.63, 3.8) is 0 Å². The lowest BCUT2D eigenvalue weighted by molar-refractivity contribution is -0.119. The maximum absolute atomic E-state index is 11.2. The lowest BCUT2D eigenvalue weighted by Gasteiger charge is -2.27. The minimum atomic E-state index is -3.78. The van der Waals surface area contributed by atoms with E-state index in [1.54, 1.807) is 0 Å². The monoisotopic (exact) mass is 418 g/mol. The Morgan fingerprint density at radius 1 is 1.22 bits per heavy atom. The van der Waals surface area contributed by atoms with Crippen LogP contribution in [-0.2, 0) is 14.8 Å². The van der Waals surface area contributed by atoms with Gasteiger partial charge in [0, 0.05) is 12.6 Å². The van der Waals surface area contributed by atoms with Gasteiger partial charge in [0.15, 0.2) is 5.11 Å². The molecule has 0 unspecified atom stereocenters. The third-order valence-electron chi connectivity index (χ3n) is 2.39. The molecule has 5 N–H and O–H groups in total. The highest BCUT2D eigenvalue weighted by atomic mass is 35.6. The van der Waals surface area contributed by atoms with Crippen LogP contribution in [0.3, 0.4) is 0 Å². The van der Waals surface area contributed by atoms with Crippen LogP contribution in [0, 0.1) is 0 Å². The zero-order valence-electron chi connectivity index (χ0n) is 11.6. The Bertz CT molecular complexity index is 689. The van der Waals surface area contributed by atoms with Crippen LogP contribution in [0.4, 0.5) is 5.69 Å². The Balaban J connectivity index is 2.77. The first kappa shape index (κ1) is 20.2. The van der Waals surface area contributed by atoms with Crippen LogP contribution in [0.2, 0.25) is 0 Å². The van der Waals surface area contributed by atoms with E-state index in [2.05, 4.69) is 16.0 Å². The van der Waals surface area contributed by atoms with Gasteiger partial charge in [0.1, 0.15) is 6.17 Å². The van der Waals surface area contributed by atoms with Crippen molar-refractivity contribution in [2.75, 3.05) is 5.32 Å². The summed E-state index contributed by atoms with van der Waals surface area (Å²) in [4.78, 5) is 11.1. The minimum absolute atomic E-state index is 0.0423. The van der Waals surface area contributed by atoms with Crippen molar-refractivity contribution in [3.8, 4) is 0 Å². The third kappa shape index (κ3) is 7.06. The number of benzene rings is 1. The zero-order chi connectivity index (χ0) is 17.8. The second kappa shape index (κ2) is 7.82. The highest BCUT2D eigenvalue weighted by Crippen LogP contribution is 2.29. The number of thiocarbonyl (C=S) groups is 1. The minimum Gasteiger partial charge on any atom is -0.339 e. The number of nitrogens with two attached hydrogens (primary N) is 1. The van der Waals surface area contributed by atoms with Crippen LogP contribution >= 0.6 is 47.0 Å². The van der Waals surface area contributed by atoms with Crippen molar-refractivity contribution in [1.29, 1.82) is 0 Å². The van der Waals surface area contributed by atoms with Gasteiger partial charge in [-0.3, -0.25) is 4.79 Å². The standard InChI is InChI=1S/C11H13Cl3N4O3S2/c1-6(19)16-9(11(12,13)14)18-10(22)17-7-2-4-8(5-3-7)23(15,20)21/h2-5,9H,1H3,(H,16,19)(H2,15,20,21)(H2,17,18,22)/t9-/m1/s1. The fraction of sp³-hybridized carbons (Fsp3) is 0.273. The van der Waals surface area contributed by atoms with Crippen molar-refractivity contribution in [2.24, 2.45) is 5.14 Å². The summed E-state index contributed by atoms with van der Waals surface area (Å²) in [6, 6.07) is 5.52. The van der Waals surface area contributed by atoms with Gasteiger partial charge in [0.25, 0.3) is 0 Å². The molecule has 0 spiro atoms. The number of anilines is 1. The molecule has 23 heavy (non-hydrogen) atoms. The van der Waals surface area contributed by atoms with E-state index in [4.69, 9.17) is 52.2 Å². The van der Waals surface area contributed by atoms with Crippen molar-refractivity contribution in [2.45, 2.75) is 21.8 Å². The van der Waals surface area contributed by atoms with Crippen molar-refractivity contribution < 1.29 is 13.2 Å². The van der Waals surface area contributed by atoms with Gasteiger partial charge in [-0.2, -0.15) is 0 Å². The Kier molecular flexibility index (Phi) is 6.87. The average Bonchev–Trinajstić information content (AvgIpc) is 2.35. The first-order valence-electron chi connectivity index (χ1n) is 5.94. The van der Waals surface area contributed by atoms with Crippen LogP contribution in [0.25, 0.3) is 0 Å². The summed E-state index contributed by atoms with van der Waals surface area (Å²) >= 11 is 22.3. The van der Waals surface area contributed by atoms with Gasteiger partial charge in [-0.25, -0.2) is 13.6 Å². The number of hydrogen-bond donors (Lipinski definition) is 4. The van der Waals surface area contributed by atoms with Crippen LogP contribution in [0.5, 0.6) is 0 Å². The van der Waals surface area contributed by atoms with E-state index < -0.39 is 25.9 Å². The predicted molar refractivity (Wildman–Crippen MR) is 95.1 cm³/mol. The SMILES string of the molecule is CC(=O)N[C@H](NC(=S)Nc1ccc(S(N)(=O)=O)cc1)C(Cl)(Cl)Cl. The smallest absolute Gasteiger partial charge is 0.238 e. The van der Waals surface area contributed by atoms with Crippen molar-refractivity contribution in [3.05, 3.63) is 24.3 Å². The van der Waals surface area contributed by atoms with Crippen LogP contribution < -0.4 is 21.1 Å². The average molecular weight is 420 g/mol. The summed E-state index contributed by atoms with van der Waals surface area (Å²) in [6.07, 6.45) is -1.06. The number of rotatable bonds is 4. The molecule has 0 fully saturated rings. The van der Waals surface area contributed by atoms with Gasteiger partial charge < -0.3 is 16.0 Å². The van der Waals surface area contributed by atoms with E-state index in [-0.39, 0.29) is 10.0 Å². The van der Waals surface area contributed by atoms with Crippen molar-refractivity contribution in [1.82, 2.24) is 10.6 Å². The summed E-state index contributed by atoms with van der Waals surface area (Å²) in [5.74, 6) is -0.422. The largest absolute Gasteiger partial charge is 0.339 e. The number of amides is 1. The summed E-state index contributed by atoms with van der Waals surface area (Å²) in [5, 5.41) is 12.8. The normalized spacial score (nSPS) is 13.1. The van der Waals surface area contributed by atoms with E-state index in [9.17, 15) is 13.2 Å². The number of sulfonamides is 1. The molecule has 1 aromatic rings. The predicted octanol–water partition coefficient (Wildman–Crippen LogP) is 1.45. The molecule has 0 saturated carbocycles. The van der Waals surface area contributed by atoms with Crippen LogP contribution in [-0.4, -0.2) is 29.4 Å². The zero-order valence-corrected chi connectivity index (χ0v) is 15.5. The fourth-order valence-electron chi connectivity index (χ4n) is 1.43. The number of hydrogen-bond acceptors (Lipinski definition) is 4. The number of nitrogens with one attached hydrogen (secondary N) is 3. The summed E-state index contributed by atoms with van der Waals surface area (Å²) < 4.78 is 20.5. The molecular weight excluding hydrogens is 407 g/mol. The number of halogens is 3. The molecule has 0 aromatic heterocycles. The highest BCUT2D eigenvalue weighted by Gasteiger charge is 2.33. The molecule has 0 aliphatic rings. The lowest BCUT2D eigenvalue weighted by atomic mass is 10.3. The summed E-state index contributed by atoms with van der Waals surface area (Å²) in [7, 11) is -3.78. The molecule has 0 heterocycles. The summed E-state index contributed by atoms with van der Waals surface area (Å²) in [6.45, 7) is 1.26. The van der Waals surface area contributed by atoms with E-state index >= 15 is 0 Å². The Morgan fingerprint density at radius 2 is 1.74 bits per heavy atom. The van der Waals surface area contributed by atoms with E-state index in [0.29, 0.717) is 5.69 Å². The van der Waals surface area contributed by atoms with E-state index in [1.807, 2.05) is 0 Å². The second-order valence-electron chi connectivity index (χ2n) is 4.34. The molecule has 0 aliphatic heterocycles. The Hall–Kier alpha value is -0.840. The quantitative estimate of drug-likeness (QED) is 0.334. The molecule has 1 aromatic carbocycles. The van der Waals surface area contributed by atoms with Gasteiger partial charge in [-0.1, -0.05) is 34.8 Å². The number of alkyl halides is 3. The molecule has 1 atom stereocenters. The van der Waals surface area contributed by atoms with Gasteiger partial charge in [-0.15, -0.1) is 0 Å². The van der Waals surface area contributed by atoms with E-state index in [1.165, 1.54) is 31.2 Å². The molecular formula is C11H13Cl3N4O3S2. The lowest BCUT2D eigenvalue weighted by Crippen LogP contribution is -2.55. The Morgan fingerprint density at radius 3 is 2.13 bits per heavy atom. The van der Waals surface area contributed by atoms with E-state index in [0.717, 1.165) is 0 Å². The molecule has 0 bridgehead atoms. The van der Waals surface area contributed by atoms with Crippen molar-refractivity contribution >= 4 is 73.8 Å². The van der Waals surface area contributed by atoms with Gasteiger partial charge >= 0.3 is 0 Å². The molecule has 0 aliphatic carbocycles. The molecule has 12 heteroatoms. The Labute approximate surface area is 153 Å². The first-order chi connectivity index (χ1) is 10.4. The molecule has 0 saturated heterocycles. The molecule has 1 rings (SSSR count). The van der Waals surface area contributed by atoms with Gasteiger partial charge in [0.2, 0.25) is 19.7 Å². The first-order valence-corrected chi connectivity index (χ1v) is 9.02. The maximum atomic E-state index is 11.2. The topological polar surface area (TPSA) is 113 Å². The fourth-order valence-corrected chi connectivity index (χ4v) is 2.51. The molecule has 7 nitrogen and oxygen atoms in total. The number of primary sulfonamides is 1. The van der Waals surface area contributed by atoms with Gasteiger partial charge in [-0.05, 0) is 36.5 Å².